The van der Waals surface area contributed by atoms with Crippen LogP contribution in [0.15, 0.2) is 36.7 Å². The normalized spacial score (nSPS) is 10.9. The van der Waals surface area contributed by atoms with Gasteiger partial charge >= 0.3 is 0 Å². The van der Waals surface area contributed by atoms with Gasteiger partial charge in [0.25, 0.3) is 0 Å². The standard InChI is InChI=1S/C12H16N4/c1-10(2)13-9-11-5-3-4-6-12(11)16-8-7-14-15-16/h3-8,10,13H,9H2,1-2H3. The van der Waals surface area contributed by atoms with E-state index in [9.17, 15) is 0 Å². The van der Waals surface area contributed by atoms with E-state index in [0.717, 1.165) is 12.2 Å². The van der Waals surface area contributed by atoms with E-state index >= 15 is 0 Å². The number of rotatable bonds is 4. The van der Waals surface area contributed by atoms with Gasteiger partial charge in [-0.15, -0.1) is 5.10 Å². The van der Waals surface area contributed by atoms with Crippen molar-refractivity contribution in [2.75, 3.05) is 0 Å². The highest BCUT2D eigenvalue weighted by Crippen LogP contribution is 2.12. The van der Waals surface area contributed by atoms with Crippen LogP contribution in [0.4, 0.5) is 0 Å². The molecule has 0 saturated heterocycles. The van der Waals surface area contributed by atoms with Gasteiger partial charge < -0.3 is 5.32 Å². The van der Waals surface area contributed by atoms with Crippen molar-refractivity contribution in [1.29, 1.82) is 0 Å². The summed E-state index contributed by atoms with van der Waals surface area (Å²) in [6.07, 6.45) is 3.54. The average Bonchev–Trinajstić information content (AvgIpc) is 2.80. The van der Waals surface area contributed by atoms with Gasteiger partial charge in [0.2, 0.25) is 0 Å². The molecule has 0 aliphatic heterocycles. The average molecular weight is 216 g/mol. The van der Waals surface area contributed by atoms with Crippen LogP contribution in [0.2, 0.25) is 0 Å². The topological polar surface area (TPSA) is 42.7 Å². The van der Waals surface area contributed by atoms with Crippen molar-refractivity contribution in [3.63, 3.8) is 0 Å². The van der Waals surface area contributed by atoms with Gasteiger partial charge in [-0.3, -0.25) is 0 Å². The SMILES string of the molecule is CC(C)NCc1ccccc1-n1ccnn1. The Kier molecular flexibility index (Phi) is 3.31. The summed E-state index contributed by atoms with van der Waals surface area (Å²) >= 11 is 0. The molecular weight excluding hydrogens is 200 g/mol. The molecular formula is C12H16N4. The maximum absolute atomic E-state index is 4.01. The molecule has 0 aliphatic carbocycles. The first-order chi connectivity index (χ1) is 7.77. The van der Waals surface area contributed by atoms with Gasteiger partial charge in [0.1, 0.15) is 0 Å². The fourth-order valence-corrected chi connectivity index (χ4v) is 1.53. The highest BCUT2D eigenvalue weighted by atomic mass is 15.4. The Balaban J connectivity index is 2.24. The molecule has 1 aromatic carbocycles. The monoisotopic (exact) mass is 216 g/mol. The summed E-state index contributed by atoms with van der Waals surface area (Å²) in [5, 5.41) is 11.2. The lowest BCUT2D eigenvalue weighted by molar-refractivity contribution is 0.586. The molecule has 0 atom stereocenters. The summed E-state index contributed by atoms with van der Waals surface area (Å²) in [4.78, 5) is 0. The minimum absolute atomic E-state index is 0.476. The van der Waals surface area contributed by atoms with E-state index in [4.69, 9.17) is 0 Å². The molecule has 4 heteroatoms. The van der Waals surface area contributed by atoms with Gasteiger partial charge in [-0.2, -0.15) is 0 Å². The molecule has 2 aromatic rings. The highest BCUT2D eigenvalue weighted by molar-refractivity contribution is 5.39. The van der Waals surface area contributed by atoms with E-state index in [-0.39, 0.29) is 0 Å². The van der Waals surface area contributed by atoms with E-state index in [0.29, 0.717) is 6.04 Å². The quantitative estimate of drug-likeness (QED) is 0.847. The molecule has 0 bridgehead atoms. The second-order valence-corrected chi connectivity index (χ2v) is 4.01. The number of nitrogens with one attached hydrogen (secondary N) is 1. The van der Waals surface area contributed by atoms with Crippen molar-refractivity contribution in [2.45, 2.75) is 26.4 Å². The zero-order valence-electron chi connectivity index (χ0n) is 9.59. The summed E-state index contributed by atoms with van der Waals surface area (Å²) in [6, 6.07) is 8.68. The molecule has 0 radical (unpaired) electrons. The predicted molar refractivity (Wildman–Crippen MR) is 63.3 cm³/mol. The summed E-state index contributed by atoms with van der Waals surface area (Å²) < 4.78 is 1.79. The molecule has 0 saturated carbocycles. The van der Waals surface area contributed by atoms with Crippen LogP contribution in [-0.4, -0.2) is 21.0 Å². The molecule has 0 amide bonds. The lowest BCUT2D eigenvalue weighted by Gasteiger charge is -2.11. The highest BCUT2D eigenvalue weighted by Gasteiger charge is 2.04. The van der Waals surface area contributed by atoms with Gasteiger partial charge in [0.15, 0.2) is 0 Å². The minimum Gasteiger partial charge on any atom is -0.310 e. The maximum Gasteiger partial charge on any atom is 0.0708 e. The number of aromatic nitrogens is 3. The van der Waals surface area contributed by atoms with Gasteiger partial charge in [-0.25, -0.2) is 4.68 Å². The van der Waals surface area contributed by atoms with E-state index in [1.54, 1.807) is 10.9 Å². The Bertz CT molecular complexity index is 434. The van der Waals surface area contributed by atoms with Crippen molar-refractivity contribution in [3.05, 3.63) is 42.2 Å². The lowest BCUT2D eigenvalue weighted by Crippen LogP contribution is -2.22. The molecule has 0 spiro atoms. The third-order valence-electron chi connectivity index (χ3n) is 2.36. The van der Waals surface area contributed by atoms with Crippen LogP contribution in [0.3, 0.4) is 0 Å². The van der Waals surface area contributed by atoms with Crippen molar-refractivity contribution in [1.82, 2.24) is 20.3 Å². The fourth-order valence-electron chi connectivity index (χ4n) is 1.53. The molecule has 1 aromatic heterocycles. The Labute approximate surface area is 95.3 Å². The van der Waals surface area contributed by atoms with Crippen LogP contribution in [0.5, 0.6) is 0 Å². The number of benzene rings is 1. The lowest BCUT2D eigenvalue weighted by atomic mass is 10.1. The first-order valence-electron chi connectivity index (χ1n) is 5.45. The second kappa shape index (κ2) is 4.90. The zero-order valence-corrected chi connectivity index (χ0v) is 9.59. The van der Waals surface area contributed by atoms with E-state index in [2.05, 4.69) is 35.5 Å². The van der Waals surface area contributed by atoms with Gasteiger partial charge in [0, 0.05) is 12.6 Å². The molecule has 1 heterocycles. The van der Waals surface area contributed by atoms with E-state index in [1.807, 2.05) is 24.4 Å². The molecule has 0 unspecified atom stereocenters. The molecule has 1 N–H and O–H groups in total. The largest absolute Gasteiger partial charge is 0.310 e. The van der Waals surface area contributed by atoms with Crippen molar-refractivity contribution < 1.29 is 0 Å². The third-order valence-corrected chi connectivity index (χ3v) is 2.36. The smallest absolute Gasteiger partial charge is 0.0708 e. The van der Waals surface area contributed by atoms with Crippen molar-refractivity contribution >= 4 is 0 Å². The van der Waals surface area contributed by atoms with Gasteiger partial charge in [-0.05, 0) is 11.6 Å². The summed E-state index contributed by atoms with van der Waals surface area (Å²) in [6.45, 7) is 5.11. The Hall–Kier alpha value is -1.68. The molecule has 0 fully saturated rings. The summed E-state index contributed by atoms with van der Waals surface area (Å²) in [7, 11) is 0. The van der Waals surface area contributed by atoms with Crippen LogP contribution in [0, 0.1) is 0 Å². The van der Waals surface area contributed by atoms with Crippen molar-refractivity contribution in [2.24, 2.45) is 0 Å². The molecule has 2 rings (SSSR count). The predicted octanol–water partition coefficient (Wildman–Crippen LogP) is 1.77. The Morgan fingerprint density at radius 1 is 1.31 bits per heavy atom. The number of nitrogens with zero attached hydrogens (tertiary/aromatic N) is 3. The number of para-hydroxylation sites is 1. The van der Waals surface area contributed by atoms with Crippen molar-refractivity contribution in [3.8, 4) is 5.69 Å². The first kappa shape index (κ1) is 10.8. The maximum atomic E-state index is 4.01. The molecule has 4 nitrogen and oxygen atoms in total. The van der Waals surface area contributed by atoms with Gasteiger partial charge in [0.05, 0.1) is 18.1 Å². The molecule has 0 aliphatic rings. The van der Waals surface area contributed by atoms with Crippen LogP contribution in [0.25, 0.3) is 5.69 Å². The van der Waals surface area contributed by atoms with E-state index < -0.39 is 0 Å². The Morgan fingerprint density at radius 3 is 2.81 bits per heavy atom. The second-order valence-electron chi connectivity index (χ2n) is 4.01. The molecule has 16 heavy (non-hydrogen) atoms. The van der Waals surface area contributed by atoms with Crippen LogP contribution >= 0.6 is 0 Å². The molecule has 84 valence electrons. The third kappa shape index (κ3) is 2.46. The van der Waals surface area contributed by atoms with E-state index in [1.165, 1.54) is 5.56 Å². The van der Waals surface area contributed by atoms with Crippen LogP contribution in [-0.2, 0) is 6.54 Å². The number of hydrogen-bond donors (Lipinski definition) is 1. The minimum atomic E-state index is 0.476. The van der Waals surface area contributed by atoms with Gasteiger partial charge in [-0.1, -0.05) is 37.3 Å². The van der Waals surface area contributed by atoms with Crippen LogP contribution in [0.1, 0.15) is 19.4 Å². The fraction of sp³-hybridized carbons (Fsp3) is 0.333. The Morgan fingerprint density at radius 2 is 2.12 bits per heavy atom. The van der Waals surface area contributed by atoms with Crippen LogP contribution < -0.4 is 5.32 Å². The number of hydrogen-bond acceptors (Lipinski definition) is 3. The zero-order chi connectivity index (χ0) is 11.4. The summed E-state index contributed by atoms with van der Waals surface area (Å²) in [5.41, 5.74) is 2.30. The first-order valence-corrected chi connectivity index (χ1v) is 5.45. The summed E-state index contributed by atoms with van der Waals surface area (Å²) in [5.74, 6) is 0.